The fourth-order valence-corrected chi connectivity index (χ4v) is 2.68. The number of carbonyl (C=O) groups is 3. The van der Waals surface area contributed by atoms with E-state index in [0.29, 0.717) is 24.2 Å². The van der Waals surface area contributed by atoms with Crippen LogP contribution in [0.25, 0.3) is 0 Å². The Kier molecular flexibility index (Phi) is 3.63. The molecule has 0 aromatic carbocycles. The Bertz CT molecular complexity index is 362. The smallest absolute Gasteiger partial charge is 0.362 e. The van der Waals surface area contributed by atoms with E-state index in [4.69, 9.17) is 0 Å². The third kappa shape index (κ3) is 2.11. The molecule has 3 unspecified atom stereocenters. The molecule has 0 aromatic rings. The molecule has 0 aromatic heterocycles. The van der Waals surface area contributed by atoms with Crippen LogP contribution in [-0.4, -0.2) is 35.6 Å². The lowest BCUT2D eigenvalue weighted by Crippen LogP contribution is -2.56. The molecular formula is C12H16FNO4. The number of halogens is 1. The summed E-state index contributed by atoms with van der Waals surface area (Å²) >= 11 is 0. The van der Waals surface area contributed by atoms with Gasteiger partial charge >= 0.3 is 5.97 Å². The summed E-state index contributed by atoms with van der Waals surface area (Å²) in [6, 6.07) is 0. The Morgan fingerprint density at radius 2 is 1.94 bits per heavy atom. The molecule has 2 rings (SSSR count). The van der Waals surface area contributed by atoms with Crippen molar-refractivity contribution in [3.8, 4) is 0 Å². The second-order valence-electron chi connectivity index (χ2n) is 4.69. The fraction of sp³-hybridized carbons (Fsp3) is 0.750. The number of hydrogen-bond acceptors (Lipinski definition) is 4. The van der Waals surface area contributed by atoms with Crippen LogP contribution >= 0.6 is 0 Å². The van der Waals surface area contributed by atoms with Crippen LogP contribution in [0, 0.1) is 11.8 Å². The topological polar surface area (TPSA) is 63.7 Å². The normalized spacial score (nSPS) is 29.1. The van der Waals surface area contributed by atoms with Crippen LogP contribution in [0.3, 0.4) is 0 Å². The van der Waals surface area contributed by atoms with E-state index in [1.54, 1.807) is 6.92 Å². The van der Waals surface area contributed by atoms with Crippen LogP contribution in [0.15, 0.2) is 0 Å². The Balaban J connectivity index is 2.17. The molecule has 0 radical (unpaired) electrons. The summed E-state index contributed by atoms with van der Waals surface area (Å²) in [5.74, 6) is -2.96. The Morgan fingerprint density at radius 3 is 2.44 bits per heavy atom. The van der Waals surface area contributed by atoms with Gasteiger partial charge in [-0.3, -0.25) is 9.59 Å². The predicted octanol–water partition coefficient (Wildman–Crippen LogP) is 1.02. The van der Waals surface area contributed by atoms with E-state index < -0.39 is 24.1 Å². The summed E-state index contributed by atoms with van der Waals surface area (Å²) in [6.07, 6.45) is 0.317. The third-order valence-corrected chi connectivity index (χ3v) is 3.56. The summed E-state index contributed by atoms with van der Waals surface area (Å²) in [5, 5.41) is 0. The number of esters is 1. The zero-order valence-corrected chi connectivity index (χ0v) is 10.2. The maximum Gasteiger partial charge on any atom is 0.362 e. The Labute approximate surface area is 104 Å². The molecule has 2 bridgehead atoms. The zero-order valence-electron chi connectivity index (χ0n) is 10.2. The number of carbonyl (C=O) groups excluding carboxylic acids is 3. The number of alkyl halides is 1. The number of likely N-dealkylation sites (tertiary alicyclic amines) is 1. The highest BCUT2D eigenvalue weighted by atomic mass is 19.1. The lowest BCUT2D eigenvalue weighted by atomic mass is 9.77. The molecule has 1 aliphatic carbocycles. The first-order chi connectivity index (χ1) is 8.56. The van der Waals surface area contributed by atoms with Crippen LogP contribution in [0.2, 0.25) is 0 Å². The van der Waals surface area contributed by atoms with E-state index in [1.807, 2.05) is 0 Å². The van der Waals surface area contributed by atoms with E-state index >= 15 is 0 Å². The van der Waals surface area contributed by atoms with Crippen LogP contribution in [-0.2, 0) is 19.1 Å². The minimum absolute atomic E-state index is 0.0162. The monoisotopic (exact) mass is 257 g/mol. The van der Waals surface area contributed by atoms with E-state index in [0.717, 1.165) is 6.42 Å². The molecule has 1 heterocycles. The van der Waals surface area contributed by atoms with Crippen LogP contribution in [0.4, 0.5) is 4.39 Å². The number of fused-ring (bicyclic) bond motifs is 2. The van der Waals surface area contributed by atoms with Gasteiger partial charge in [0.25, 0.3) is 6.30 Å². The molecular weight excluding hydrogens is 241 g/mol. The molecule has 1 saturated heterocycles. The maximum absolute atomic E-state index is 13.9. The minimum Gasteiger partial charge on any atom is -0.462 e. The zero-order chi connectivity index (χ0) is 13.3. The molecule has 1 saturated carbocycles. The number of ether oxygens (including phenoxy) is 1. The predicted molar refractivity (Wildman–Crippen MR) is 58.8 cm³/mol. The van der Waals surface area contributed by atoms with Gasteiger partial charge in [-0.05, 0) is 26.2 Å². The first-order valence-electron chi connectivity index (χ1n) is 6.23. The van der Waals surface area contributed by atoms with Crippen molar-refractivity contribution < 1.29 is 23.5 Å². The highest BCUT2D eigenvalue weighted by molar-refractivity contribution is 6.03. The lowest BCUT2D eigenvalue weighted by molar-refractivity contribution is -0.176. The third-order valence-electron chi connectivity index (χ3n) is 3.56. The number of hydrogen-bond donors (Lipinski definition) is 0. The molecule has 1 aliphatic heterocycles. The minimum atomic E-state index is -2.30. The average molecular weight is 257 g/mol. The SMILES string of the molecule is CCOC(=O)C(F)N1C(=O)C2CCCC(C2)C1=O. The summed E-state index contributed by atoms with van der Waals surface area (Å²) in [7, 11) is 0. The molecule has 2 aliphatic rings. The van der Waals surface area contributed by atoms with Gasteiger partial charge < -0.3 is 4.74 Å². The molecule has 0 spiro atoms. The molecule has 2 fully saturated rings. The van der Waals surface area contributed by atoms with Crippen LogP contribution in [0.1, 0.15) is 32.6 Å². The van der Waals surface area contributed by atoms with Crippen molar-refractivity contribution in [1.29, 1.82) is 0 Å². The van der Waals surface area contributed by atoms with Gasteiger partial charge in [0.2, 0.25) is 11.8 Å². The standard InChI is InChI=1S/C12H16FNO4/c1-2-18-12(17)9(13)14-10(15)7-4-3-5-8(6-7)11(14)16/h7-9H,2-6H2,1H3. The Morgan fingerprint density at radius 1 is 1.39 bits per heavy atom. The molecule has 2 amide bonds. The van der Waals surface area contributed by atoms with E-state index in [1.165, 1.54) is 0 Å². The molecule has 100 valence electrons. The maximum atomic E-state index is 13.9. The second kappa shape index (κ2) is 5.04. The lowest BCUT2D eigenvalue weighted by Gasteiger charge is -2.39. The van der Waals surface area contributed by atoms with Gasteiger partial charge in [-0.2, -0.15) is 0 Å². The van der Waals surface area contributed by atoms with Crippen molar-refractivity contribution in [3.63, 3.8) is 0 Å². The number of nitrogens with zero attached hydrogens (tertiary/aromatic N) is 1. The van der Waals surface area contributed by atoms with E-state index in [9.17, 15) is 18.8 Å². The van der Waals surface area contributed by atoms with Gasteiger partial charge in [0.05, 0.1) is 6.61 Å². The highest BCUT2D eigenvalue weighted by Crippen LogP contribution is 2.37. The van der Waals surface area contributed by atoms with Gasteiger partial charge in [0, 0.05) is 11.8 Å². The largest absolute Gasteiger partial charge is 0.462 e. The van der Waals surface area contributed by atoms with Crippen molar-refractivity contribution in [2.24, 2.45) is 11.8 Å². The van der Waals surface area contributed by atoms with Gasteiger partial charge in [-0.1, -0.05) is 6.42 Å². The molecule has 5 nitrogen and oxygen atoms in total. The molecule has 0 N–H and O–H groups in total. The summed E-state index contributed by atoms with van der Waals surface area (Å²) in [4.78, 5) is 35.7. The number of rotatable bonds is 3. The van der Waals surface area contributed by atoms with E-state index in [2.05, 4.69) is 4.74 Å². The van der Waals surface area contributed by atoms with Gasteiger partial charge in [-0.25, -0.2) is 14.1 Å². The average Bonchev–Trinajstić information content (AvgIpc) is 2.37. The van der Waals surface area contributed by atoms with E-state index in [-0.39, 0.29) is 18.4 Å². The van der Waals surface area contributed by atoms with Crippen molar-refractivity contribution in [1.82, 2.24) is 4.90 Å². The Hall–Kier alpha value is -1.46. The van der Waals surface area contributed by atoms with Gasteiger partial charge in [0.1, 0.15) is 0 Å². The number of amides is 2. The summed E-state index contributed by atoms with van der Waals surface area (Å²) in [6.45, 7) is 1.56. The molecule has 6 heteroatoms. The van der Waals surface area contributed by atoms with Gasteiger partial charge in [0.15, 0.2) is 0 Å². The second-order valence-corrected chi connectivity index (χ2v) is 4.69. The fourth-order valence-electron chi connectivity index (χ4n) is 2.68. The first kappa shape index (κ1) is 13.0. The van der Waals surface area contributed by atoms with Crippen LogP contribution in [0.5, 0.6) is 0 Å². The number of imide groups is 1. The summed E-state index contributed by atoms with van der Waals surface area (Å²) in [5.41, 5.74) is 0. The van der Waals surface area contributed by atoms with Crippen molar-refractivity contribution in [3.05, 3.63) is 0 Å². The summed E-state index contributed by atoms with van der Waals surface area (Å²) < 4.78 is 18.4. The number of piperidine rings is 1. The highest BCUT2D eigenvalue weighted by Gasteiger charge is 2.48. The first-order valence-corrected chi connectivity index (χ1v) is 6.23. The molecule has 3 atom stereocenters. The van der Waals surface area contributed by atoms with Crippen LogP contribution < -0.4 is 0 Å². The molecule has 18 heavy (non-hydrogen) atoms. The van der Waals surface area contributed by atoms with Crippen molar-refractivity contribution >= 4 is 17.8 Å². The van der Waals surface area contributed by atoms with Crippen molar-refractivity contribution in [2.45, 2.75) is 38.9 Å². The van der Waals surface area contributed by atoms with Crippen molar-refractivity contribution in [2.75, 3.05) is 6.61 Å². The van der Waals surface area contributed by atoms with Gasteiger partial charge in [-0.15, -0.1) is 0 Å². The quantitative estimate of drug-likeness (QED) is 0.430.